The van der Waals surface area contributed by atoms with Gasteiger partial charge in [0, 0.05) is 43.2 Å². The van der Waals surface area contributed by atoms with Crippen molar-refractivity contribution in [3.05, 3.63) is 42.1 Å². The van der Waals surface area contributed by atoms with Gasteiger partial charge in [0.2, 0.25) is 0 Å². The molecule has 1 N–H and O–H groups in total. The fourth-order valence-electron chi connectivity index (χ4n) is 4.92. The molecule has 0 saturated carbocycles. The predicted octanol–water partition coefficient (Wildman–Crippen LogP) is 3.19. The molecule has 1 aromatic carbocycles. The Labute approximate surface area is 163 Å². The molecule has 0 bridgehead atoms. The number of hydrogen-bond donors (Lipinski definition) is 1. The molecular weight excluding hydrogens is 334 g/mol. The lowest BCUT2D eigenvalue weighted by Crippen LogP contribution is -2.41. The first kappa shape index (κ1) is 18.9. The van der Waals surface area contributed by atoms with Crippen LogP contribution in [0.5, 0.6) is 0 Å². The van der Waals surface area contributed by atoms with Crippen molar-refractivity contribution in [1.82, 2.24) is 14.8 Å². The van der Waals surface area contributed by atoms with E-state index in [1.54, 1.807) is 0 Å². The summed E-state index contributed by atoms with van der Waals surface area (Å²) in [6.45, 7) is 10.0. The second-order valence-electron chi connectivity index (χ2n) is 8.81. The number of fused-ring (bicyclic) bond motifs is 1. The summed E-state index contributed by atoms with van der Waals surface area (Å²) in [6, 6.07) is 11.1. The van der Waals surface area contributed by atoms with Crippen LogP contribution in [0.25, 0.3) is 10.9 Å². The van der Waals surface area contributed by atoms with Crippen LogP contribution in [0.2, 0.25) is 0 Å². The summed E-state index contributed by atoms with van der Waals surface area (Å²) >= 11 is 0. The van der Waals surface area contributed by atoms with Crippen LogP contribution in [0.3, 0.4) is 0 Å². The van der Waals surface area contributed by atoms with Crippen LogP contribution in [0.1, 0.15) is 32.3 Å². The average molecular weight is 368 g/mol. The Morgan fingerprint density at radius 2 is 1.89 bits per heavy atom. The molecule has 0 spiro atoms. The lowest BCUT2D eigenvalue weighted by Gasteiger charge is -2.36. The van der Waals surface area contributed by atoms with E-state index in [0.29, 0.717) is 12.0 Å². The SMILES string of the molecule is CC(C)N1CCC(CN2C[C@@H](Cc3ccnc4ccccc34)[C@H](O)C2)CC1. The van der Waals surface area contributed by atoms with E-state index in [1.165, 1.54) is 36.9 Å². The van der Waals surface area contributed by atoms with Gasteiger partial charge in [-0.1, -0.05) is 18.2 Å². The molecule has 2 aliphatic rings. The maximum absolute atomic E-state index is 10.7. The van der Waals surface area contributed by atoms with E-state index < -0.39 is 0 Å². The highest BCUT2D eigenvalue weighted by Crippen LogP contribution is 2.27. The molecule has 3 heterocycles. The summed E-state index contributed by atoms with van der Waals surface area (Å²) in [5.41, 5.74) is 2.37. The van der Waals surface area contributed by atoms with Crippen molar-refractivity contribution >= 4 is 10.9 Å². The summed E-state index contributed by atoms with van der Waals surface area (Å²) in [6.07, 6.45) is 5.22. The predicted molar refractivity (Wildman–Crippen MR) is 111 cm³/mol. The number of nitrogens with zero attached hydrogens (tertiary/aromatic N) is 3. The molecule has 4 heteroatoms. The summed E-state index contributed by atoms with van der Waals surface area (Å²) in [4.78, 5) is 9.57. The standard InChI is InChI=1S/C23H33N3O/c1-17(2)26-11-8-18(9-12-26)14-25-15-20(23(27)16-25)13-19-7-10-24-22-6-4-3-5-21(19)22/h3-7,10,17-18,20,23,27H,8-9,11-16H2,1-2H3/t20-,23-/m1/s1. The van der Waals surface area contributed by atoms with Gasteiger partial charge in [-0.15, -0.1) is 0 Å². The zero-order valence-electron chi connectivity index (χ0n) is 16.7. The van der Waals surface area contributed by atoms with Gasteiger partial charge in [0.05, 0.1) is 11.6 Å². The van der Waals surface area contributed by atoms with E-state index in [4.69, 9.17) is 0 Å². The zero-order chi connectivity index (χ0) is 18.8. The first-order valence-corrected chi connectivity index (χ1v) is 10.6. The third-order valence-electron chi connectivity index (χ3n) is 6.60. The van der Waals surface area contributed by atoms with Gasteiger partial charge in [-0.25, -0.2) is 0 Å². The summed E-state index contributed by atoms with van der Waals surface area (Å²) in [5, 5.41) is 11.9. The zero-order valence-corrected chi connectivity index (χ0v) is 16.7. The highest BCUT2D eigenvalue weighted by atomic mass is 16.3. The Morgan fingerprint density at radius 3 is 2.67 bits per heavy atom. The molecular formula is C23H33N3O. The molecule has 2 saturated heterocycles. The molecule has 2 fully saturated rings. The first-order chi connectivity index (χ1) is 13.1. The molecule has 0 amide bonds. The molecule has 0 aliphatic carbocycles. The minimum absolute atomic E-state index is 0.215. The largest absolute Gasteiger partial charge is 0.391 e. The van der Waals surface area contributed by atoms with Crippen LogP contribution < -0.4 is 0 Å². The van der Waals surface area contributed by atoms with Crippen molar-refractivity contribution in [3.63, 3.8) is 0 Å². The molecule has 4 nitrogen and oxygen atoms in total. The van der Waals surface area contributed by atoms with Gasteiger partial charge in [-0.3, -0.25) is 4.98 Å². The van der Waals surface area contributed by atoms with E-state index in [2.05, 4.69) is 52.9 Å². The lowest BCUT2D eigenvalue weighted by molar-refractivity contribution is 0.118. The van der Waals surface area contributed by atoms with Crippen molar-refractivity contribution in [2.24, 2.45) is 11.8 Å². The highest BCUT2D eigenvalue weighted by molar-refractivity contribution is 5.81. The van der Waals surface area contributed by atoms with E-state index in [9.17, 15) is 5.11 Å². The first-order valence-electron chi connectivity index (χ1n) is 10.6. The summed E-state index contributed by atoms with van der Waals surface area (Å²) < 4.78 is 0. The highest BCUT2D eigenvalue weighted by Gasteiger charge is 2.33. The number of aliphatic hydroxyl groups excluding tert-OH is 1. The number of para-hydroxylation sites is 1. The minimum Gasteiger partial charge on any atom is -0.391 e. The Kier molecular flexibility index (Phi) is 5.76. The van der Waals surface area contributed by atoms with E-state index in [1.807, 2.05) is 12.3 Å². The maximum Gasteiger partial charge on any atom is 0.0710 e. The number of β-amino-alcohol motifs (C(OH)–C–C–N with tert-alkyl or cyclic N) is 1. The number of piperidine rings is 1. The third kappa shape index (κ3) is 4.34. The summed E-state index contributed by atoms with van der Waals surface area (Å²) in [7, 11) is 0. The Hall–Kier alpha value is -1.49. The van der Waals surface area contributed by atoms with E-state index >= 15 is 0 Å². The fourth-order valence-corrected chi connectivity index (χ4v) is 4.92. The normalized spacial score (nSPS) is 25.6. The fraction of sp³-hybridized carbons (Fsp3) is 0.609. The molecule has 4 rings (SSSR count). The number of pyridine rings is 1. The van der Waals surface area contributed by atoms with Crippen LogP contribution in [0.4, 0.5) is 0 Å². The van der Waals surface area contributed by atoms with Gasteiger partial charge in [-0.05, 0) is 69.8 Å². The molecule has 27 heavy (non-hydrogen) atoms. The Balaban J connectivity index is 1.35. The van der Waals surface area contributed by atoms with Crippen molar-refractivity contribution in [2.75, 3.05) is 32.7 Å². The van der Waals surface area contributed by atoms with Crippen molar-refractivity contribution in [3.8, 4) is 0 Å². The molecule has 2 aliphatic heterocycles. The van der Waals surface area contributed by atoms with E-state index in [0.717, 1.165) is 37.5 Å². The number of rotatable bonds is 5. The number of aromatic nitrogens is 1. The average Bonchev–Trinajstić information content (AvgIpc) is 3.01. The van der Waals surface area contributed by atoms with Gasteiger partial charge >= 0.3 is 0 Å². The van der Waals surface area contributed by atoms with Gasteiger partial charge in [0.25, 0.3) is 0 Å². The smallest absolute Gasteiger partial charge is 0.0710 e. The monoisotopic (exact) mass is 367 g/mol. The van der Waals surface area contributed by atoms with Crippen molar-refractivity contribution < 1.29 is 5.11 Å². The van der Waals surface area contributed by atoms with Crippen molar-refractivity contribution in [1.29, 1.82) is 0 Å². The topological polar surface area (TPSA) is 39.6 Å². The second kappa shape index (κ2) is 8.26. The molecule has 0 unspecified atom stereocenters. The third-order valence-corrected chi connectivity index (χ3v) is 6.60. The van der Waals surface area contributed by atoms with Gasteiger partial charge in [-0.2, -0.15) is 0 Å². The van der Waals surface area contributed by atoms with Crippen LogP contribution in [0.15, 0.2) is 36.5 Å². The van der Waals surface area contributed by atoms with Crippen LogP contribution in [-0.4, -0.2) is 64.8 Å². The summed E-state index contributed by atoms with van der Waals surface area (Å²) in [5.74, 6) is 1.11. The number of likely N-dealkylation sites (tertiary alicyclic amines) is 2. The van der Waals surface area contributed by atoms with Gasteiger partial charge in [0.15, 0.2) is 0 Å². The second-order valence-corrected chi connectivity index (χ2v) is 8.81. The Morgan fingerprint density at radius 1 is 1.11 bits per heavy atom. The van der Waals surface area contributed by atoms with Crippen LogP contribution >= 0.6 is 0 Å². The quantitative estimate of drug-likeness (QED) is 0.881. The Bertz CT molecular complexity index is 749. The number of aliphatic hydroxyl groups is 1. The van der Waals surface area contributed by atoms with Gasteiger partial charge < -0.3 is 14.9 Å². The molecule has 2 aromatic rings. The maximum atomic E-state index is 10.7. The van der Waals surface area contributed by atoms with Crippen molar-refractivity contribution in [2.45, 2.75) is 45.3 Å². The van der Waals surface area contributed by atoms with Gasteiger partial charge in [0.1, 0.15) is 0 Å². The minimum atomic E-state index is -0.215. The van der Waals surface area contributed by atoms with Crippen LogP contribution in [0, 0.1) is 11.8 Å². The molecule has 1 aromatic heterocycles. The molecule has 146 valence electrons. The molecule has 2 atom stereocenters. The lowest BCUT2D eigenvalue weighted by atomic mass is 9.94. The number of benzene rings is 1. The number of hydrogen-bond acceptors (Lipinski definition) is 4. The van der Waals surface area contributed by atoms with Crippen LogP contribution in [-0.2, 0) is 6.42 Å². The van der Waals surface area contributed by atoms with E-state index in [-0.39, 0.29) is 6.10 Å². The molecule has 0 radical (unpaired) electrons.